The molecule has 0 saturated heterocycles. The number of benzene rings is 1. The van der Waals surface area contributed by atoms with Gasteiger partial charge in [-0.05, 0) is 24.3 Å². The van der Waals surface area contributed by atoms with Gasteiger partial charge in [0, 0.05) is 0 Å². The molecule has 2 nitrogen and oxygen atoms in total. The summed E-state index contributed by atoms with van der Waals surface area (Å²) in [6.45, 7) is -1.76. The molecule has 1 aromatic rings. The molecule has 1 aromatic carbocycles. The molecular weight excluding hydrogens is 547 g/mol. The molecule has 0 aliphatic rings. The summed E-state index contributed by atoms with van der Waals surface area (Å²) in [5, 5.41) is 8.95. The van der Waals surface area contributed by atoms with Crippen molar-refractivity contribution in [2.75, 3.05) is 6.61 Å². The molecule has 0 aliphatic heterocycles. The van der Waals surface area contributed by atoms with Crippen molar-refractivity contribution in [3.8, 4) is 11.5 Å². The fraction of sp³-hybridized carbons (Fsp3) is 0.625. The summed E-state index contributed by atoms with van der Waals surface area (Å²) < 4.78 is 227. The van der Waals surface area contributed by atoms with Gasteiger partial charge < -0.3 is 9.84 Å². The van der Waals surface area contributed by atoms with Crippen molar-refractivity contribution < 1.29 is 84.5 Å². The summed E-state index contributed by atoms with van der Waals surface area (Å²) in [5.41, 5.74) is 0. The zero-order valence-electron chi connectivity index (χ0n) is 16.0. The van der Waals surface area contributed by atoms with E-state index in [1.165, 1.54) is 0 Å². The largest absolute Gasteiger partial charge is 0.508 e. The Labute approximate surface area is 182 Å². The van der Waals surface area contributed by atoms with Gasteiger partial charge in [0.15, 0.2) is 0 Å². The first-order chi connectivity index (χ1) is 15.2. The molecule has 0 aromatic heterocycles. The normalized spacial score (nSPS) is 15.3. The zero-order valence-corrected chi connectivity index (χ0v) is 16.0. The standard InChI is InChI=1S/C16H9F17O2/c17-9(18,5-6-35-8-3-1-7(34)2-4-8)10(19,20)11(21,22)12(23,24)13(25,26)14(27,28)15(29,30)16(31,32)33/h1-4,34H,5-6H2. The van der Waals surface area contributed by atoms with Gasteiger partial charge in [-0.1, -0.05) is 0 Å². The van der Waals surface area contributed by atoms with Crippen LogP contribution in [-0.4, -0.2) is 59.3 Å². The Hall–Kier alpha value is -2.37. The average Bonchev–Trinajstić information content (AvgIpc) is 2.67. The molecule has 0 radical (unpaired) electrons. The second-order valence-electron chi connectivity index (χ2n) is 6.74. The maximum atomic E-state index is 13.7. The highest BCUT2D eigenvalue weighted by Gasteiger charge is 2.95. The maximum Gasteiger partial charge on any atom is 0.460 e. The minimum absolute atomic E-state index is 0.440. The third-order valence-corrected chi connectivity index (χ3v) is 4.31. The van der Waals surface area contributed by atoms with Crippen molar-refractivity contribution in [3.63, 3.8) is 0 Å². The third kappa shape index (κ3) is 4.61. The molecule has 0 aliphatic carbocycles. The fourth-order valence-electron chi connectivity index (χ4n) is 2.19. The topological polar surface area (TPSA) is 29.5 Å². The molecule has 0 bridgehead atoms. The van der Waals surface area contributed by atoms with E-state index in [4.69, 9.17) is 5.11 Å². The van der Waals surface area contributed by atoms with Crippen LogP contribution < -0.4 is 4.74 Å². The monoisotopic (exact) mass is 556 g/mol. The highest BCUT2D eigenvalue weighted by molar-refractivity contribution is 5.30. The Bertz CT molecular complexity index is 873. The van der Waals surface area contributed by atoms with E-state index in [-0.39, 0.29) is 0 Å². The van der Waals surface area contributed by atoms with Crippen LogP contribution in [0, 0.1) is 0 Å². The van der Waals surface area contributed by atoms with Crippen LogP contribution in [0.25, 0.3) is 0 Å². The first-order valence-electron chi connectivity index (χ1n) is 8.35. The molecule has 0 heterocycles. The van der Waals surface area contributed by atoms with Crippen LogP contribution in [0.15, 0.2) is 24.3 Å². The Morgan fingerprint density at radius 2 is 0.857 bits per heavy atom. The highest BCUT2D eigenvalue weighted by Crippen LogP contribution is 2.64. The van der Waals surface area contributed by atoms with Crippen molar-refractivity contribution in [1.29, 1.82) is 0 Å². The maximum absolute atomic E-state index is 13.7. The number of rotatable bonds is 10. The molecule has 19 heteroatoms. The van der Waals surface area contributed by atoms with E-state index in [0.717, 1.165) is 24.3 Å². The smallest absolute Gasteiger partial charge is 0.460 e. The minimum atomic E-state index is -8.65. The predicted molar refractivity (Wildman–Crippen MR) is 78.9 cm³/mol. The van der Waals surface area contributed by atoms with Gasteiger partial charge >= 0.3 is 47.6 Å². The highest BCUT2D eigenvalue weighted by atomic mass is 19.4. The number of phenolic OH excluding ortho intramolecular Hbond substituents is 1. The Morgan fingerprint density at radius 1 is 0.514 bits per heavy atom. The van der Waals surface area contributed by atoms with E-state index in [1.807, 2.05) is 0 Å². The molecule has 204 valence electrons. The van der Waals surface area contributed by atoms with Crippen molar-refractivity contribution >= 4 is 0 Å². The Morgan fingerprint density at radius 3 is 1.23 bits per heavy atom. The number of alkyl halides is 17. The van der Waals surface area contributed by atoms with Crippen molar-refractivity contribution in [2.45, 2.75) is 54.1 Å². The van der Waals surface area contributed by atoms with E-state index in [1.54, 1.807) is 0 Å². The molecule has 1 rings (SSSR count). The lowest BCUT2D eigenvalue weighted by Gasteiger charge is -2.42. The molecule has 0 atom stereocenters. The van der Waals surface area contributed by atoms with Crippen LogP contribution in [0.3, 0.4) is 0 Å². The zero-order chi connectivity index (χ0) is 28.1. The lowest BCUT2D eigenvalue weighted by molar-refractivity contribution is -0.461. The average molecular weight is 556 g/mol. The molecule has 0 saturated carbocycles. The van der Waals surface area contributed by atoms with Crippen molar-refractivity contribution in [2.24, 2.45) is 0 Å². The van der Waals surface area contributed by atoms with Gasteiger partial charge in [0.2, 0.25) is 0 Å². The van der Waals surface area contributed by atoms with Gasteiger partial charge in [-0.15, -0.1) is 0 Å². The Kier molecular flexibility index (Phi) is 7.56. The number of hydrogen-bond donors (Lipinski definition) is 1. The van der Waals surface area contributed by atoms with Gasteiger partial charge in [0.1, 0.15) is 11.5 Å². The molecular formula is C16H9F17O2. The summed E-state index contributed by atoms with van der Waals surface area (Å²) in [4.78, 5) is 0. The van der Waals surface area contributed by atoms with Crippen LogP contribution in [0.1, 0.15) is 6.42 Å². The quantitative estimate of drug-likeness (QED) is 0.310. The lowest BCUT2D eigenvalue weighted by Crippen LogP contribution is -2.74. The van der Waals surface area contributed by atoms with Crippen molar-refractivity contribution in [1.82, 2.24) is 0 Å². The van der Waals surface area contributed by atoms with Crippen LogP contribution in [-0.2, 0) is 0 Å². The predicted octanol–water partition coefficient (Wildman–Crippen LogP) is 7.17. The summed E-state index contributed by atoms with van der Waals surface area (Å²) in [7, 11) is 0. The van der Waals surface area contributed by atoms with E-state index >= 15 is 0 Å². The second kappa shape index (κ2) is 8.63. The molecule has 0 fully saturated rings. The molecule has 0 spiro atoms. The van der Waals surface area contributed by atoms with Crippen LogP contribution in [0.2, 0.25) is 0 Å². The first-order valence-corrected chi connectivity index (χ1v) is 8.35. The summed E-state index contributed by atoms with van der Waals surface area (Å²) in [6.07, 6.45) is -10.5. The number of halogens is 17. The van der Waals surface area contributed by atoms with Crippen LogP contribution >= 0.6 is 0 Å². The van der Waals surface area contributed by atoms with Crippen LogP contribution in [0.5, 0.6) is 11.5 Å². The third-order valence-electron chi connectivity index (χ3n) is 4.31. The number of hydrogen-bond acceptors (Lipinski definition) is 2. The van der Waals surface area contributed by atoms with E-state index in [2.05, 4.69) is 4.74 Å². The SMILES string of the molecule is Oc1ccc(OCCC(F)(F)C(F)(F)C(F)(F)C(F)(F)C(F)(F)C(F)(F)C(F)(F)C(F)(F)F)cc1. The number of aromatic hydroxyl groups is 1. The van der Waals surface area contributed by atoms with Crippen molar-refractivity contribution in [3.05, 3.63) is 24.3 Å². The van der Waals surface area contributed by atoms with Gasteiger partial charge in [0.05, 0.1) is 13.0 Å². The van der Waals surface area contributed by atoms with Gasteiger partial charge in [-0.2, -0.15) is 74.6 Å². The van der Waals surface area contributed by atoms with Gasteiger partial charge in [0.25, 0.3) is 0 Å². The fourth-order valence-corrected chi connectivity index (χ4v) is 2.19. The molecule has 0 unspecified atom stereocenters. The van der Waals surface area contributed by atoms with E-state index in [9.17, 15) is 74.6 Å². The number of phenols is 1. The lowest BCUT2D eigenvalue weighted by atomic mass is 9.88. The second-order valence-corrected chi connectivity index (χ2v) is 6.74. The van der Waals surface area contributed by atoms with E-state index < -0.39 is 72.2 Å². The van der Waals surface area contributed by atoms with Gasteiger partial charge in [-0.3, -0.25) is 0 Å². The van der Waals surface area contributed by atoms with E-state index in [0.29, 0.717) is 0 Å². The first kappa shape index (κ1) is 30.7. The van der Waals surface area contributed by atoms with Gasteiger partial charge in [-0.25, -0.2) is 0 Å². The molecule has 0 amide bonds. The van der Waals surface area contributed by atoms with Crippen LogP contribution in [0.4, 0.5) is 74.6 Å². The number of ether oxygens (including phenoxy) is 1. The Balaban J connectivity index is 3.34. The summed E-state index contributed by atoms with van der Waals surface area (Å²) >= 11 is 0. The summed E-state index contributed by atoms with van der Waals surface area (Å²) in [6, 6.07) is 3.24. The summed E-state index contributed by atoms with van der Waals surface area (Å²) in [5.74, 6) is -57.5. The molecule has 1 N–H and O–H groups in total. The molecule has 35 heavy (non-hydrogen) atoms. The minimum Gasteiger partial charge on any atom is -0.508 e.